The molecule has 0 saturated carbocycles. The van der Waals surface area contributed by atoms with Crippen molar-refractivity contribution >= 4 is 11.9 Å². The van der Waals surface area contributed by atoms with Crippen LogP contribution in [-0.2, 0) is 5.60 Å². The summed E-state index contributed by atoms with van der Waals surface area (Å²) in [6, 6.07) is 8.96. The number of aliphatic hydroxyl groups is 2. The number of ketones is 1. The summed E-state index contributed by atoms with van der Waals surface area (Å²) in [4.78, 5) is 22.6. The van der Waals surface area contributed by atoms with E-state index in [2.05, 4.69) is 34.3 Å². The van der Waals surface area contributed by atoms with Crippen LogP contribution >= 0.6 is 0 Å². The van der Waals surface area contributed by atoms with Crippen LogP contribution in [0.25, 0.3) is 6.08 Å². The molecule has 6 rings (SSSR count). The minimum Gasteiger partial charge on any atom is -0.434 e. The van der Waals surface area contributed by atoms with Crippen molar-refractivity contribution in [2.75, 3.05) is 0 Å². The van der Waals surface area contributed by atoms with Gasteiger partial charge in [0.15, 0.2) is 11.6 Å². The van der Waals surface area contributed by atoms with E-state index in [0.29, 0.717) is 28.9 Å². The predicted molar refractivity (Wildman–Crippen MR) is 150 cm³/mol. The summed E-state index contributed by atoms with van der Waals surface area (Å²) >= 11 is 0. The lowest BCUT2D eigenvalue weighted by molar-refractivity contribution is -0.0506. The van der Waals surface area contributed by atoms with Gasteiger partial charge >= 0.3 is 6.61 Å². The highest BCUT2D eigenvalue weighted by Gasteiger charge is 2.40. The monoisotopic (exact) mass is 558 g/mol. The summed E-state index contributed by atoms with van der Waals surface area (Å²) in [5.41, 5.74) is 3.90. The lowest BCUT2D eigenvalue weighted by Crippen LogP contribution is -2.24. The highest BCUT2D eigenvalue weighted by molar-refractivity contribution is 6.10. The second kappa shape index (κ2) is 9.67. The van der Waals surface area contributed by atoms with E-state index in [-0.39, 0.29) is 35.7 Å². The van der Waals surface area contributed by atoms with E-state index < -0.39 is 17.8 Å². The van der Waals surface area contributed by atoms with Crippen LogP contribution in [0.5, 0.6) is 5.75 Å². The molecule has 1 aromatic heterocycles. The van der Waals surface area contributed by atoms with Gasteiger partial charge in [0.2, 0.25) is 0 Å². The van der Waals surface area contributed by atoms with Crippen molar-refractivity contribution in [3.63, 3.8) is 0 Å². The molecule has 41 heavy (non-hydrogen) atoms. The zero-order valence-corrected chi connectivity index (χ0v) is 23.4. The number of carbonyl (C=O) groups is 1. The predicted octanol–water partition coefficient (Wildman–Crippen LogP) is 6.37. The van der Waals surface area contributed by atoms with Gasteiger partial charge < -0.3 is 14.9 Å². The first-order valence-corrected chi connectivity index (χ1v) is 13.8. The number of nitrogens with zero attached hydrogens (tertiary/aromatic N) is 2. The number of fused-ring (bicyclic) bond motifs is 8. The van der Waals surface area contributed by atoms with E-state index in [1.54, 1.807) is 52.2 Å². The van der Waals surface area contributed by atoms with Gasteiger partial charge in [0, 0.05) is 53.3 Å². The minimum atomic E-state index is -3.04. The first-order valence-electron chi connectivity index (χ1n) is 13.8. The molecule has 0 radical (unpaired) electrons. The van der Waals surface area contributed by atoms with Crippen LogP contribution in [0.3, 0.4) is 0 Å². The van der Waals surface area contributed by atoms with E-state index in [0.717, 1.165) is 27.8 Å². The zero-order valence-electron chi connectivity index (χ0n) is 23.4. The maximum atomic E-state index is 13.8. The maximum Gasteiger partial charge on any atom is 0.387 e. The zero-order chi connectivity index (χ0) is 29.3. The molecular formula is C33H32F2N2O4. The minimum absolute atomic E-state index is 0.00209. The number of Topliss-reactive ketones (excluding diaryl/α,β-unsaturated/α-hetero) is 1. The normalized spacial score (nSPS) is 21.2. The summed E-state index contributed by atoms with van der Waals surface area (Å²) in [5.74, 6) is -0.525. The molecule has 2 aromatic carbocycles. The molecule has 2 N–H and O–H groups in total. The van der Waals surface area contributed by atoms with Crippen molar-refractivity contribution in [2.24, 2.45) is 0 Å². The van der Waals surface area contributed by atoms with E-state index in [4.69, 9.17) is 4.74 Å². The molecule has 3 aliphatic rings. The molecule has 1 heterocycles. The Bertz CT molecular complexity index is 1600. The average Bonchev–Trinajstić information content (AvgIpc) is 3.46. The van der Waals surface area contributed by atoms with Crippen LogP contribution < -0.4 is 4.74 Å². The molecule has 0 amide bonds. The SMILES string of the molecule is CC(C)(O)CC1=CC2C[C@H](c3cc4c(cc32)C=CC4c2cnc(C(C)(C)O)nc2)c2c(OC(F)F)cccc2C1=O. The number of alkyl halides is 2. The van der Waals surface area contributed by atoms with Gasteiger partial charge in [-0.2, -0.15) is 8.78 Å². The second-order valence-electron chi connectivity index (χ2n) is 12.3. The van der Waals surface area contributed by atoms with E-state index in [9.17, 15) is 23.8 Å². The Balaban J connectivity index is 1.50. The van der Waals surface area contributed by atoms with Crippen LogP contribution in [0.4, 0.5) is 8.78 Å². The molecule has 0 saturated heterocycles. The molecule has 0 fully saturated rings. The molecule has 8 heteroatoms. The van der Waals surface area contributed by atoms with Crippen molar-refractivity contribution in [1.29, 1.82) is 0 Å². The Hall–Kier alpha value is -3.75. The molecule has 3 aliphatic carbocycles. The van der Waals surface area contributed by atoms with Gasteiger partial charge in [-0.1, -0.05) is 42.5 Å². The fraction of sp³-hybridized carbons (Fsp3) is 0.364. The van der Waals surface area contributed by atoms with Gasteiger partial charge in [0.1, 0.15) is 11.4 Å². The Morgan fingerprint density at radius 2 is 1.78 bits per heavy atom. The van der Waals surface area contributed by atoms with Gasteiger partial charge in [0.05, 0.1) is 5.60 Å². The van der Waals surface area contributed by atoms with Gasteiger partial charge in [0.25, 0.3) is 0 Å². The fourth-order valence-electron chi connectivity index (χ4n) is 6.45. The maximum absolute atomic E-state index is 13.8. The molecule has 2 unspecified atom stereocenters. The Morgan fingerprint density at radius 3 is 2.44 bits per heavy atom. The molecule has 6 nitrogen and oxygen atoms in total. The van der Waals surface area contributed by atoms with Crippen LogP contribution in [0, 0.1) is 0 Å². The standard InChI is InChI=1S/C33H32F2N2O4/c1-32(2,39)14-19-10-18-12-26(28-22(29(19)38)6-5-7-27(28)41-31(34)35)25-13-24-17(11-23(18)25)8-9-21(24)20-15-36-30(37-16-20)33(3,4)40/h5-11,13,15-16,18,21,26,31,39-40H,12,14H2,1-4H3/t18?,21?,26-/m1/s1. The molecule has 3 atom stereocenters. The van der Waals surface area contributed by atoms with Crippen molar-refractivity contribution < 1.29 is 28.5 Å². The molecule has 2 bridgehead atoms. The van der Waals surface area contributed by atoms with E-state index in [1.165, 1.54) is 6.07 Å². The van der Waals surface area contributed by atoms with Gasteiger partial charge in [-0.25, -0.2) is 9.97 Å². The van der Waals surface area contributed by atoms with Crippen molar-refractivity contribution in [1.82, 2.24) is 9.97 Å². The third kappa shape index (κ3) is 5.00. The third-order valence-corrected chi connectivity index (χ3v) is 8.13. The number of carbonyl (C=O) groups excluding carboxylic acids is 1. The summed E-state index contributed by atoms with van der Waals surface area (Å²) in [5, 5.41) is 20.9. The van der Waals surface area contributed by atoms with Crippen molar-refractivity contribution in [3.05, 3.63) is 105 Å². The van der Waals surface area contributed by atoms with Gasteiger partial charge in [-0.05, 0) is 68.0 Å². The lowest BCUT2D eigenvalue weighted by atomic mass is 9.81. The number of ether oxygens (including phenoxy) is 1. The highest BCUT2D eigenvalue weighted by atomic mass is 19.3. The van der Waals surface area contributed by atoms with E-state index >= 15 is 0 Å². The van der Waals surface area contributed by atoms with Crippen molar-refractivity contribution in [2.45, 2.75) is 76.1 Å². The van der Waals surface area contributed by atoms with Gasteiger partial charge in [-0.15, -0.1) is 0 Å². The van der Waals surface area contributed by atoms with Crippen LogP contribution in [0.2, 0.25) is 0 Å². The molecule has 0 aliphatic heterocycles. The Morgan fingerprint density at radius 1 is 1.05 bits per heavy atom. The number of benzene rings is 2. The number of halogens is 2. The third-order valence-electron chi connectivity index (χ3n) is 8.13. The smallest absolute Gasteiger partial charge is 0.387 e. The summed E-state index contributed by atoms with van der Waals surface area (Å²) in [6.07, 6.45) is 10.3. The molecular weight excluding hydrogens is 526 g/mol. The van der Waals surface area contributed by atoms with Gasteiger partial charge in [-0.3, -0.25) is 4.79 Å². The Kier molecular flexibility index (Phi) is 6.47. The first-order chi connectivity index (χ1) is 19.3. The quantitative estimate of drug-likeness (QED) is 0.366. The Labute approximate surface area is 237 Å². The fourth-order valence-corrected chi connectivity index (χ4v) is 6.45. The molecule has 0 spiro atoms. The summed E-state index contributed by atoms with van der Waals surface area (Å²) < 4.78 is 32.1. The number of allylic oxidation sites excluding steroid dienone is 2. The number of rotatable bonds is 6. The topological polar surface area (TPSA) is 92.5 Å². The van der Waals surface area contributed by atoms with Crippen molar-refractivity contribution in [3.8, 4) is 5.75 Å². The first kappa shape index (κ1) is 27.4. The van der Waals surface area contributed by atoms with Crippen LogP contribution in [-0.4, -0.2) is 38.2 Å². The number of hydrogen-bond donors (Lipinski definition) is 2. The second-order valence-corrected chi connectivity index (χ2v) is 12.3. The van der Waals surface area contributed by atoms with E-state index in [1.807, 2.05) is 6.08 Å². The number of aromatic nitrogens is 2. The van der Waals surface area contributed by atoms with Crippen LogP contribution in [0.1, 0.15) is 108 Å². The lowest BCUT2D eigenvalue weighted by Gasteiger charge is -2.25. The average molecular weight is 559 g/mol. The largest absolute Gasteiger partial charge is 0.434 e. The summed E-state index contributed by atoms with van der Waals surface area (Å²) in [6.45, 7) is 3.53. The number of hydrogen-bond acceptors (Lipinski definition) is 6. The molecule has 212 valence electrons. The highest BCUT2D eigenvalue weighted by Crippen LogP contribution is 2.53. The molecule has 3 aromatic rings. The summed E-state index contributed by atoms with van der Waals surface area (Å²) in [7, 11) is 0. The van der Waals surface area contributed by atoms with Crippen LogP contribution in [0.15, 0.2) is 60.5 Å².